The van der Waals surface area contributed by atoms with Crippen LogP contribution in [-0.4, -0.2) is 19.1 Å². The van der Waals surface area contributed by atoms with Gasteiger partial charge < -0.3 is 15.8 Å². The van der Waals surface area contributed by atoms with Gasteiger partial charge in [0.2, 0.25) is 0 Å². The molecule has 2 aromatic rings. The van der Waals surface area contributed by atoms with Gasteiger partial charge >= 0.3 is 0 Å². The number of guanidine groups is 1. The van der Waals surface area contributed by atoms with Gasteiger partial charge in [-0.15, -0.1) is 24.0 Å². The van der Waals surface area contributed by atoms with Crippen molar-refractivity contribution in [3.8, 4) is 5.75 Å². The van der Waals surface area contributed by atoms with Crippen molar-refractivity contribution in [1.29, 1.82) is 0 Å². The van der Waals surface area contributed by atoms with Gasteiger partial charge in [0.1, 0.15) is 12.4 Å². The van der Waals surface area contributed by atoms with E-state index in [9.17, 15) is 0 Å². The van der Waals surface area contributed by atoms with Crippen LogP contribution in [0.25, 0.3) is 0 Å². The SMILES string of the molecule is Cc1ccc(NC(N)=NCCOc2ccc(C)cc2)cc1.I. The zero-order chi connectivity index (χ0) is 15.1. The Labute approximate surface area is 148 Å². The molecule has 22 heavy (non-hydrogen) atoms. The summed E-state index contributed by atoms with van der Waals surface area (Å²) in [5.74, 6) is 1.24. The molecular weight excluding hydrogens is 389 g/mol. The highest BCUT2D eigenvalue weighted by molar-refractivity contribution is 14.0. The first-order valence-electron chi connectivity index (χ1n) is 6.96. The predicted octanol–water partition coefficient (Wildman–Crippen LogP) is 3.73. The lowest BCUT2D eigenvalue weighted by atomic mass is 10.2. The molecule has 0 aliphatic carbocycles. The van der Waals surface area contributed by atoms with Crippen LogP contribution in [0.15, 0.2) is 53.5 Å². The van der Waals surface area contributed by atoms with Crippen LogP contribution in [0.3, 0.4) is 0 Å². The molecular formula is C17H22IN3O. The lowest BCUT2D eigenvalue weighted by Crippen LogP contribution is -2.23. The van der Waals surface area contributed by atoms with Gasteiger partial charge in [0.15, 0.2) is 5.96 Å². The van der Waals surface area contributed by atoms with E-state index in [1.54, 1.807) is 0 Å². The fourth-order valence-electron chi connectivity index (χ4n) is 1.79. The summed E-state index contributed by atoms with van der Waals surface area (Å²) in [5, 5.41) is 3.05. The minimum Gasteiger partial charge on any atom is -0.492 e. The van der Waals surface area contributed by atoms with Gasteiger partial charge in [0.25, 0.3) is 0 Å². The third-order valence-electron chi connectivity index (χ3n) is 2.99. The molecule has 0 aliphatic heterocycles. The maximum Gasteiger partial charge on any atom is 0.193 e. The fraction of sp³-hybridized carbons (Fsp3) is 0.235. The zero-order valence-electron chi connectivity index (χ0n) is 12.9. The van der Waals surface area contributed by atoms with Crippen LogP contribution in [0.5, 0.6) is 5.75 Å². The van der Waals surface area contributed by atoms with E-state index in [0.29, 0.717) is 19.1 Å². The third-order valence-corrected chi connectivity index (χ3v) is 2.99. The standard InChI is InChI=1S/C17H21N3O.HI/c1-13-3-7-15(8-4-13)20-17(18)19-11-12-21-16-9-5-14(2)6-10-16;/h3-10H,11-12H2,1-2H3,(H3,18,19,20);1H. The minimum absolute atomic E-state index is 0. The minimum atomic E-state index is 0. The summed E-state index contributed by atoms with van der Waals surface area (Å²) in [5.41, 5.74) is 9.18. The van der Waals surface area contributed by atoms with E-state index in [2.05, 4.69) is 10.3 Å². The molecule has 0 aromatic heterocycles. The van der Waals surface area contributed by atoms with Crippen LogP contribution in [0, 0.1) is 13.8 Å². The van der Waals surface area contributed by atoms with Crippen molar-refractivity contribution in [3.05, 3.63) is 59.7 Å². The Balaban J connectivity index is 0.00000242. The Bertz CT molecular complexity index is 594. The second kappa shape index (κ2) is 9.30. The summed E-state index contributed by atoms with van der Waals surface area (Å²) in [4.78, 5) is 4.23. The molecule has 0 amide bonds. The van der Waals surface area contributed by atoms with Gasteiger partial charge in [-0.05, 0) is 38.1 Å². The highest BCUT2D eigenvalue weighted by Gasteiger charge is 1.95. The van der Waals surface area contributed by atoms with E-state index < -0.39 is 0 Å². The van der Waals surface area contributed by atoms with Crippen molar-refractivity contribution in [2.45, 2.75) is 13.8 Å². The molecule has 0 fully saturated rings. The maximum absolute atomic E-state index is 5.83. The van der Waals surface area contributed by atoms with E-state index in [0.717, 1.165) is 11.4 Å². The van der Waals surface area contributed by atoms with Crippen LogP contribution in [0.1, 0.15) is 11.1 Å². The van der Waals surface area contributed by atoms with Crippen LogP contribution in [0.2, 0.25) is 0 Å². The van der Waals surface area contributed by atoms with Crippen molar-refractivity contribution < 1.29 is 4.74 Å². The Morgan fingerprint density at radius 2 is 1.55 bits per heavy atom. The number of benzene rings is 2. The number of nitrogens with one attached hydrogen (secondary N) is 1. The molecule has 3 N–H and O–H groups in total. The summed E-state index contributed by atoms with van der Waals surface area (Å²) in [7, 11) is 0. The van der Waals surface area contributed by atoms with Gasteiger partial charge in [0, 0.05) is 5.69 Å². The summed E-state index contributed by atoms with van der Waals surface area (Å²) < 4.78 is 5.59. The monoisotopic (exact) mass is 411 g/mol. The molecule has 0 radical (unpaired) electrons. The smallest absolute Gasteiger partial charge is 0.193 e. The maximum atomic E-state index is 5.83. The van der Waals surface area contributed by atoms with Gasteiger partial charge in [-0.3, -0.25) is 0 Å². The van der Waals surface area contributed by atoms with Crippen molar-refractivity contribution in [1.82, 2.24) is 0 Å². The zero-order valence-corrected chi connectivity index (χ0v) is 15.2. The first kappa shape index (κ1) is 18.3. The van der Waals surface area contributed by atoms with E-state index >= 15 is 0 Å². The number of nitrogens with two attached hydrogens (primary N) is 1. The summed E-state index contributed by atoms with van der Waals surface area (Å²) >= 11 is 0. The molecule has 0 bridgehead atoms. The molecule has 2 rings (SSSR count). The second-order valence-electron chi connectivity index (χ2n) is 4.92. The van der Waals surface area contributed by atoms with Crippen molar-refractivity contribution in [2.24, 2.45) is 10.7 Å². The highest BCUT2D eigenvalue weighted by Crippen LogP contribution is 2.11. The van der Waals surface area contributed by atoms with Gasteiger partial charge in [-0.2, -0.15) is 0 Å². The van der Waals surface area contributed by atoms with Crippen LogP contribution >= 0.6 is 24.0 Å². The van der Waals surface area contributed by atoms with Crippen molar-refractivity contribution in [3.63, 3.8) is 0 Å². The number of halogens is 1. The lowest BCUT2D eigenvalue weighted by Gasteiger charge is -2.07. The highest BCUT2D eigenvalue weighted by atomic mass is 127. The molecule has 5 heteroatoms. The number of hydrogen-bond donors (Lipinski definition) is 2. The van der Waals surface area contributed by atoms with Crippen LogP contribution < -0.4 is 15.8 Å². The summed E-state index contributed by atoms with van der Waals surface area (Å²) in [6, 6.07) is 15.9. The number of aryl methyl sites for hydroxylation is 2. The van der Waals surface area contributed by atoms with Gasteiger partial charge in [-0.1, -0.05) is 35.4 Å². The number of aliphatic imine (C=N–C) groups is 1. The third kappa shape index (κ3) is 6.34. The Hall–Kier alpha value is -1.76. The van der Waals surface area contributed by atoms with E-state index in [4.69, 9.17) is 10.5 Å². The molecule has 0 saturated carbocycles. The second-order valence-corrected chi connectivity index (χ2v) is 4.92. The van der Waals surface area contributed by atoms with E-state index in [1.807, 2.05) is 62.4 Å². The summed E-state index contributed by atoms with van der Waals surface area (Å²) in [6.07, 6.45) is 0. The lowest BCUT2D eigenvalue weighted by molar-refractivity contribution is 0.328. The Kier molecular flexibility index (Phi) is 7.73. The molecule has 0 saturated heterocycles. The number of ether oxygens (including phenoxy) is 1. The quantitative estimate of drug-likeness (QED) is 0.341. The molecule has 0 spiro atoms. The number of hydrogen-bond acceptors (Lipinski definition) is 2. The molecule has 0 aliphatic rings. The van der Waals surface area contributed by atoms with Crippen molar-refractivity contribution >= 4 is 35.6 Å². The fourth-order valence-corrected chi connectivity index (χ4v) is 1.79. The topological polar surface area (TPSA) is 59.6 Å². The van der Waals surface area contributed by atoms with E-state index in [1.165, 1.54) is 11.1 Å². The van der Waals surface area contributed by atoms with Crippen molar-refractivity contribution in [2.75, 3.05) is 18.5 Å². The Morgan fingerprint density at radius 1 is 1.00 bits per heavy atom. The molecule has 2 aromatic carbocycles. The number of rotatable bonds is 5. The van der Waals surface area contributed by atoms with Gasteiger partial charge in [-0.25, -0.2) is 4.99 Å². The van der Waals surface area contributed by atoms with Gasteiger partial charge in [0.05, 0.1) is 6.54 Å². The number of anilines is 1. The largest absolute Gasteiger partial charge is 0.492 e. The first-order chi connectivity index (χ1) is 10.1. The first-order valence-corrected chi connectivity index (χ1v) is 6.96. The molecule has 4 nitrogen and oxygen atoms in total. The van der Waals surface area contributed by atoms with Crippen LogP contribution in [-0.2, 0) is 0 Å². The normalized spacial score (nSPS) is 10.7. The molecule has 118 valence electrons. The van der Waals surface area contributed by atoms with E-state index in [-0.39, 0.29) is 24.0 Å². The predicted molar refractivity (Wildman–Crippen MR) is 103 cm³/mol. The number of nitrogens with zero attached hydrogens (tertiary/aromatic N) is 1. The molecule has 0 atom stereocenters. The van der Waals surface area contributed by atoms with Crippen LogP contribution in [0.4, 0.5) is 5.69 Å². The summed E-state index contributed by atoms with van der Waals surface area (Å²) in [6.45, 7) is 5.10. The molecule has 0 heterocycles. The average Bonchev–Trinajstić information content (AvgIpc) is 2.48. The Morgan fingerprint density at radius 3 is 2.14 bits per heavy atom. The average molecular weight is 411 g/mol. The molecule has 0 unspecified atom stereocenters.